The molecule has 1 unspecified atom stereocenters. The first kappa shape index (κ1) is 28.6. The second-order valence-electron chi connectivity index (χ2n) is 8.02. The van der Waals surface area contributed by atoms with Crippen LogP contribution in [0.5, 0.6) is 17.2 Å². The van der Waals surface area contributed by atoms with E-state index in [-0.39, 0.29) is 36.8 Å². The number of piperidine rings is 1. The summed E-state index contributed by atoms with van der Waals surface area (Å²) in [5, 5.41) is 10.5. The number of amides is 1. The molecule has 0 aliphatic carbocycles. The molecule has 2 heterocycles. The lowest BCUT2D eigenvalue weighted by Gasteiger charge is -2.37. The fraction of sp³-hybridized carbons (Fsp3) is 0.682. The van der Waals surface area contributed by atoms with Crippen molar-refractivity contribution in [3.8, 4) is 17.2 Å². The van der Waals surface area contributed by atoms with E-state index in [9.17, 15) is 9.90 Å². The minimum absolute atomic E-state index is 0. The Kier molecular flexibility index (Phi) is 12.5. The third-order valence-electron chi connectivity index (χ3n) is 5.96. The molecule has 10 heteroatoms. The van der Waals surface area contributed by atoms with Crippen molar-refractivity contribution in [3.05, 3.63) is 17.7 Å². The first-order chi connectivity index (χ1) is 14.5. The second-order valence-corrected chi connectivity index (χ2v) is 8.02. The van der Waals surface area contributed by atoms with E-state index in [2.05, 4.69) is 9.80 Å². The molecule has 8 nitrogen and oxygen atoms in total. The number of halogens is 2. The van der Waals surface area contributed by atoms with Crippen molar-refractivity contribution < 1.29 is 24.1 Å². The van der Waals surface area contributed by atoms with Crippen molar-refractivity contribution >= 4 is 30.7 Å². The molecule has 2 fully saturated rings. The smallest absolute Gasteiger partial charge is 0.254 e. The van der Waals surface area contributed by atoms with Gasteiger partial charge in [0.25, 0.3) is 5.91 Å². The van der Waals surface area contributed by atoms with E-state index in [0.717, 1.165) is 32.7 Å². The number of benzene rings is 1. The number of aliphatic hydroxyl groups is 1. The molecule has 2 aliphatic rings. The van der Waals surface area contributed by atoms with Gasteiger partial charge in [-0.2, -0.15) is 0 Å². The SMILES string of the molecule is COc1cc(C(=O)N2CCN(CC(O)CN3CCCCC3)CC2)cc(OC)c1OC.Cl.Cl. The summed E-state index contributed by atoms with van der Waals surface area (Å²) in [4.78, 5) is 19.5. The van der Waals surface area contributed by atoms with Gasteiger partial charge in [0, 0.05) is 44.8 Å². The average Bonchev–Trinajstić information content (AvgIpc) is 2.78. The lowest BCUT2D eigenvalue weighted by atomic mass is 10.1. The molecular formula is C22H37Cl2N3O5. The maximum absolute atomic E-state index is 13.0. The largest absolute Gasteiger partial charge is 0.493 e. The second kappa shape index (κ2) is 14.0. The fourth-order valence-corrected chi connectivity index (χ4v) is 4.32. The van der Waals surface area contributed by atoms with Crippen LogP contribution in [0, 0.1) is 0 Å². The van der Waals surface area contributed by atoms with Crippen LogP contribution in [0.4, 0.5) is 0 Å². The van der Waals surface area contributed by atoms with Gasteiger partial charge in [0.15, 0.2) is 11.5 Å². The summed E-state index contributed by atoms with van der Waals surface area (Å²) in [7, 11) is 4.62. The number of rotatable bonds is 8. The lowest BCUT2D eigenvalue weighted by Crippen LogP contribution is -2.51. The van der Waals surface area contributed by atoms with Gasteiger partial charge in [0.2, 0.25) is 5.75 Å². The maximum Gasteiger partial charge on any atom is 0.254 e. The van der Waals surface area contributed by atoms with E-state index in [4.69, 9.17) is 14.2 Å². The normalized spacial score (nSPS) is 18.2. The first-order valence-electron chi connectivity index (χ1n) is 10.8. The molecule has 1 amide bonds. The number of hydrogen-bond donors (Lipinski definition) is 1. The predicted octanol–water partition coefficient (Wildman–Crippen LogP) is 2.16. The molecule has 0 spiro atoms. The van der Waals surface area contributed by atoms with E-state index in [1.807, 2.05) is 4.90 Å². The van der Waals surface area contributed by atoms with Gasteiger partial charge >= 0.3 is 0 Å². The summed E-state index contributed by atoms with van der Waals surface area (Å²) >= 11 is 0. The molecular weight excluding hydrogens is 457 g/mol. The summed E-state index contributed by atoms with van der Waals surface area (Å²) < 4.78 is 16.1. The van der Waals surface area contributed by atoms with E-state index in [0.29, 0.717) is 42.4 Å². The number of piperazine rings is 1. The lowest BCUT2D eigenvalue weighted by molar-refractivity contribution is 0.0407. The molecule has 32 heavy (non-hydrogen) atoms. The third kappa shape index (κ3) is 7.28. The Morgan fingerprint density at radius 1 is 0.844 bits per heavy atom. The van der Waals surface area contributed by atoms with Crippen molar-refractivity contribution in [1.29, 1.82) is 0 Å². The van der Waals surface area contributed by atoms with Gasteiger partial charge in [-0.15, -0.1) is 24.8 Å². The maximum atomic E-state index is 13.0. The molecule has 1 N–H and O–H groups in total. The van der Waals surface area contributed by atoms with Crippen LogP contribution in [-0.4, -0.2) is 106 Å². The minimum Gasteiger partial charge on any atom is -0.493 e. The molecule has 0 aromatic heterocycles. The van der Waals surface area contributed by atoms with Crippen molar-refractivity contribution in [1.82, 2.24) is 14.7 Å². The van der Waals surface area contributed by atoms with Gasteiger partial charge in [0.1, 0.15) is 0 Å². The van der Waals surface area contributed by atoms with Crippen LogP contribution in [0.2, 0.25) is 0 Å². The van der Waals surface area contributed by atoms with Crippen LogP contribution in [0.1, 0.15) is 29.6 Å². The zero-order chi connectivity index (χ0) is 21.5. The molecule has 0 bridgehead atoms. The topological polar surface area (TPSA) is 74.7 Å². The molecule has 0 radical (unpaired) electrons. The zero-order valence-corrected chi connectivity index (χ0v) is 20.9. The van der Waals surface area contributed by atoms with Gasteiger partial charge in [0.05, 0.1) is 27.4 Å². The summed E-state index contributed by atoms with van der Waals surface area (Å²) in [6.45, 7) is 6.36. The Labute approximate surface area is 203 Å². The standard InChI is InChI=1S/C22H35N3O5.2ClH/c1-28-19-13-17(14-20(29-2)21(19)30-3)22(27)25-11-9-24(10-12-25)16-18(26)15-23-7-5-4-6-8-23;;/h13-14,18,26H,4-12,15-16H2,1-3H3;2*1H. The fourth-order valence-electron chi connectivity index (χ4n) is 4.32. The van der Waals surface area contributed by atoms with Crippen LogP contribution in [0.3, 0.4) is 0 Å². The molecule has 1 atom stereocenters. The molecule has 1 aromatic rings. The van der Waals surface area contributed by atoms with Crippen molar-refractivity contribution in [3.63, 3.8) is 0 Å². The van der Waals surface area contributed by atoms with Crippen LogP contribution in [0.25, 0.3) is 0 Å². The highest BCUT2D eigenvalue weighted by Crippen LogP contribution is 2.38. The number of β-amino-alcohol motifs (C(OH)–C–C–N with tert-alkyl or cyclic N) is 1. The number of nitrogens with zero attached hydrogens (tertiary/aromatic N) is 3. The van der Waals surface area contributed by atoms with E-state index in [1.165, 1.54) is 19.3 Å². The highest BCUT2D eigenvalue weighted by molar-refractivity contribution is 5.95. The Morgan fingerprint density at radius 3 is 1.81 bits per heavy atom. The highest BCUT2D eigenvalue weighted by Gasteiger charge is 2.26. The Balaban J connectivity index is 0.00000256. The summed E-state index contributed by atoms with van der Waals surface area (Å²) in [5.74, 6) is 1.37. The van der Waals surface area contributed by atoms with Gasteiger partial charge in [-0.1, -0.05) is 6.42 Å². The van der Waals surface area contributed by atoms with Gasteiger partial charge < -0.3 is 29.1 Å². The first-order valence-corrected chi connectivity index (χ1v) is 10.8. The molecule has 2 aliphatic heterocycles. The molecule has 1 aromatic carbocycles. The van der Waals surface area contributed by atoms with Gasteiger partial charge in [-0.05, 0) is 38.1 Å². The van der Waals surface area contributed by atoms with Crippen LogP contribution in [-0.2, 0) is 0 Å². The summed E-state index contributed by atoms with van der Waals surface area (Å²) in [6.07, 6.45) is 3.41. The Hall–Kier alpha value is -1.45. The van der Waals surface area contributed by atoms with Crippen molar-refractivity contribution in [2.24, 2.45) is 0 Å². The number of hydrogen-bond acceptors (Lipinski definition) is 7. The Bertz CT molecular complexity index is 686. The van der Waals surface area contributed by atoms with Gasteiger partial charge in [-0.25, -0.2) is 0 Å². The average molecular weight is 494 g/mol. The molecule has 3 rings (SSSR count). The number of ether oxygens (including phenoxy) is 3. The van der Waals surface area contributed by atoms with E-state index >= 15 is 0 Å². The predicted molar refractivity (Wildman–Crippen MR) is 129 cm³/mol. The highest BCUT2D eigenvalue weighted by atomic mass is 35.5. The quantitative estimate of drug-likeness (QED) is 0.594. The third-order valence-corrected chi connectivity index (χ3v) is 5.96. The number of carbonyl (C=O) groups is 1. The molecule has 0 saturated carbocycles. The summed E-state index contributed by atoms with van der Waals surface area (Å²) in [6, 6.07) is 3.39. The number of methoxy groups -OCH3 is 3. The summed E-state index contributed by atoms with van der Waals surface area (Å²) in [5.41, 5.74) is 0.517. The van der Waals surface area contributed by atoms with Crippen LogP contribution in [0.15, 0.2) is 12.1 Å². The van der Waals surface area contributed by atoms with E-state index in [1.54, 1.807) is 33.5 Å². The van der Waals surface area contributed by atoms with Crippen molar-refractivity contribution in [2.45, 2.75) is 25.4 Å². The monoisotopic (exact) mass is 493 g/mol. The van der Waals surface area contributed by atoms with E-state index < -0.39 is 0 Å². The van der Waals surface area contributed by atoms with Crippen LogP contribution < -0.4 is 14.2 Å². The number of aliphatic hydroxyl groups excluding tert-OH is 1. The van der Waals surface area contributed by atoms with Gasteiger partial charge in [-0.3, -0.25) is 9.69 Å². The zero-order valence-electron chi connectivity index (χ0n) is 19.2. The van der Waals surface area contributed by atoms with Crippen LogP contribution >= 0.6 is 24.8 Å². The molecule has 184 valence electrons. The Morgan fingerprint density at radius 2 is 1.34 bits per heavy atom. The minimum atomic E-state index is -0.347. The van der Waals surface area contributed by atoms with Crippen molar-refractivity contribution in [2.75, 3.05) is 73.7 Å². The molecule has 2 saturated heterocycles. The number of likely N-dealkylation sites (tertiary alicyclic amines) is 1. The number of carbonyl (C=O) groups excluding carboxylic acids is 1.